The first-order valence-electron chi connectivity index (χ1n) is 6.42. The third kappa shape index (κ3) is 2.23. The van der Waals surface area contributed by atoms with Crippen molar-refractivity contribution in [1.29, 1.82) is 0 Å². The molecule has 106 valence electrons. The molecule has 0 saturated carbocycles. The summed E-state index contributed by atoms with van der Waals surface area (Å²) >= 11 is 0. The van der Waals surface area contributed by atoms with Crippen LogP contribution in [0.4, 0.5) is 0 Å². The lowest BCUT2D eigenvalue weighted by Crippen LogP contribution is -2.23. The third-order valence-electron chi connectivity index (χ3n) is 3.22. The second kappa shape index (κ2) is 4.94. The van der Waals surface area contributed by atoms with E-state index in [0.717, 1.165) is 0 Å². The first-order chi connectivity index (χ1) is 10.1. The number of para-hydroxylation sites is 2. The summed E-state index contributed by atoms with van der Waals surface area (Å²) in [6, 6.07) is 11.8. The summed E-state index contributed by atoms with van der Waals surface area (Å²) < 4.78 is 11.1. The Kier molecular flexibility index (Phi) is 3.10. The van der Waals surface area contributed by atoms with Gasteiger partial charge in [0, 0.05) is 0 Å². The smallest absolute Gasteiger partial charge is 0.344 e. The van der Waals surface area contributed by atoms with Gasteiger partial charge in [-0.3, -0.25) is 4.79 Å². The van der Waals surface area contributed by atoms with E-state index in [9.17, 15) is 9.59 Å². The number of aliphatic carboxylic acids is 1. The average molecular weight is 284 g/mol. The molecule has 0 radical (unpaired) electrons. The van der Waals surface area contributed by atoms with Crippen LogP contribution in [0.3, 0.4) is 0 Å². The molecular weight excluding hydrogens is 272 g/mol. The van der Waals surface area contributed by atoms with Gasteiger partial charge in [0.2, 0.25) is 5.43 Å². The van der Waals surface area contributed by atoms with Crippen LogP contribution >= 0.6 is 0 Å². The number of rotatable bonds is 3. The van der Waals surface area contributed by atoms with Gasteiger partial charge in [-0.15, -0.1) is 0 Å². The van der Waals surface area contributed by atoms with Crippen LogP contribution in [0.15, 0.2) is 51.7 Å². The molecule has 1 atom stereocenters. The lowest BCUT2D eigenvalue weighted by atomic mass is 10.1. The summed E-state index contributed by atoms with van der Waals surface area (Å²) in [5.41, 5.74) is 0.531. The van der Waals surface area contributed by atoms with Crippen molar-refractivity contribution in [3.05, 3.63) is 52.7 Å². The number of ether oxygens (including phenoxy) is 1. The second-order valence-corrected chi connectivity index (χ2v) is 4.66. The Bertz CT molecular complexity index is 894. The highest BCUT2D eigenvalue weighted by molar-refractivity contribution is 5.92. The van der Waals surface area contributed by atoms with E-state index in [-0.39, 0.29) is 16.8 Å². The van der Waals surface area contributed by atoms with Gasteiger partial charge < -0.3 is 14.3 Å². The number of carboxylic acid groups (broad SMARTS) is 1. The predicted molar refractivity (Wildman–Crippen MR) is 77.7 cm³/mol. The molecule has 0 aliphatic carbocycles. The average Bonchev–Trinajstić information content (AvgIpc) is 2.48. The zero-order valence-corrected chi connectivity index (χ0v) is 11.2. The number of carboxylic acids is 1. The Morgan fingerprint density at radius 2 is 1.86 bits per heavy atom. The van der Waals surface area contributed by atoms with E-state index < -0.39 is 12.1 Å². The van der Waals surface area contributed by atoms with Gasteiger partial charge in [-0.05, 0) is 31.2 Å². The molecule has 0 fully saturated rings. The fourth-order valence-corrected chi connectivity index (χ4v) is 2.13. The largest absolute Gasteiger partial charge is 0.479 e. The van der Waals surface area contributed by atoms with Gasteiger partial charge in [-0.2, -0.15) is 0 Å². The highest BCUT2D eigenvalue weighted by atomic mass is 16.5. The van der Waals surface area contributed by atoms with E-state index in [1.165, 1.54) is 6.92 Å². The summed E-state index contributed by atoms with van der Waals surface area (Å²) in [5.74, 6) is -0.847. The maximum atomic E-state index is 12.4. The Balaban J connectivity index is 2.28. The molecule has 0 spiro atoms. The van der Waals surface area contributed by atoms with Crippen molar-refractivity contribution < 1.29 is 19.1 Å². The lowest BCUT2D eigenvalue weighted by molar-refractivity contribution is -0.144. The summed E-state index contributed by atoms with van der Waals surface area (Å²) in [4.78, 5) is 23.3. The predicted octanol–water partition coefficient (Wildman–Crippen LogP) is 2.80. The van der Waals surface area contributed by atoms with E-state index in [1.54, 1.807) is 42.5 Å². The standard InChI is InChI=1S/C16H12O5/c1-9(16(18)19)20-13-8-4-6-11-14(17)10-5-2-3-7-12(10)21-15(11)13/h2-9H,1H3,(H,18,19)/t9-/m0/s1. The molecule has 0 saturated heterocycles. The lowest BCUT2D eigenvalue weighted by Gasteiger charge is -2.12. The minimum Gasteiger partial charge on any atom is -0.479 e. The molecule has 1 aromatic heterocycles. The minimum absolute atomic E-state index is 0.166. The Morgan fingerprint density at radius 1 is 1.14 bits per heavy atom. The third-order valence-corrected chi connectivity index (χ3v) is 3.22. The van der Waals surface area contributed by atoms with Crippen molar-refractivity contribution in [2.45, 2.75) is 13.0 Å². The van der Waals surface area contributed by atoms with Crippen LogP contribution in [0.2, 0.25) is 0 Å². The molecule has 1 heterocycles. The van der Waals surface area contributed by atoms with Crippen LogP contribution < -0.4 is 10.2 Å². The zero-order chi connectivity index (χ0) is 15.0. The summed E-state index contributed by atoms with van der Waals surface area (Å²) in [6.07, 6.45) is -1.03. The molecule has 1 N–H and O–H groups in total. The number of hydrogen-bond acceptors (Lipinski definition) is 4. The number of benzene rings is 2. The van der Waals surface area contributed by atoms with Crippen LogP contribution in [0.25, 0.3) is 21.9 Å². The quantitative estimate of drug-likeness (QED) is 0.748. The van der Waals surface area contributed by atoms with Crippen molar-refractivity contribution in [2.24, 2.45) is 0 Å². The van der Waals surface area contributed by atoms with E-state index in [1.807, 2.05) is 0 Å². The Morgan fingerprint density at radius 3 is 2.62 bits per heavy atom. The molecule has 21 heavy (non-hydrogen) atoms. The van der Waals surface area contributed by atoms with Gasteiger partial charge in [-0.1, -0.05) is 18.2 Å². The molecule has 3 aromatic rings. The summed E-state index contributed by atoms with van der Waals surface area (Å²) in [5, 5.41) is 9.77. The molecule has 0 amide bonds. The molecular formula is C16H12O5. The van der Waals surface area contributed by atoms with Gasteiger partial charge in [0.25, 0.3) is 0 Å². The van der Waals surface area contributed by atoms with E-state index in [2.05, 4.69) is 0 Å². The van der Waals surface area contributed by atoms with Crippen molar-refractivity contribution in [2.75, 3.05) is 0 Å². The first kappa shape index (κ1) is 13.2. The highest BCUT2D eigenvalue weighted by Crippen LogP contribution is 2.27. The molecule has 5 heteroatoms. The maximum Gasteiger partial charge on any atom is 0.344 e. The van der Waals surface area contributed by atoms with E-state index in [0.29, 0.717) is 16.4 Å². The van der Waals surface area contributed by atoms with Crippen molar-refractivity contribution >= 4 is 27.9 Å². The van der Waals surface area contributed by atoms with Crippen LogP contribution in [0.5, 0.6) is 5.75 Å². The minimum atomic E-state index is -1.09. The first-order valence-corrected chi connectivity index (χ1v) is 6.42. The highest BCUT2D eigenvalue weighted by Gasteiger charge is 2.17. The van der Waals surface area contributed by atoms with Crippen LogP contribution in [0, 0.1) is 0 Å². The van der Waals surface area contributed by atoms with E-state index >= 15 is 0 Å². The Labute approximate surface area is 119 Å². The molecule has 0 aliphatic rings. The van der Waals surface area contributed by atoms with Gasteiger partial charge in [0.05, 0.1) is 10.8 Å². The molecule has 5 nitrogen and oxygen atoms in total. The molecule has 3 rings (SSSR count). The number of carbonyl (C=O) groups is 1. The number of fused-ring (bicyclic) bond motifs is 2. The monoisotopic (exact) mass is 284 g/mol. The second-order valence-electron chi connectivity index (χ2n) is 4.66. The van der Waals surface area contributed by atoms with Gasteiger partial charge in [-0.25, -0.2) is 4.79 Å². The number of hydrogen-bond donors (Lipinski definition) is 1. The normalized spacial score (nSPS) is 12.4. The van der Waals surface area contributed by atoms with Crippen LogP contribution in [-0.2, 0) is 4.79 Å². The fourth-order valence-electron chi connectivity index (χ4n) is 2.13. The van der Waals surface area contributed by atoms with Crippen molar-refractivity contribution in [1.82, 2.24) is 0 Å². The van der Waals surface area contributed by atoms with Crippen LogP contribution in [-0.4, -0.2) is 17.2 Å². The van der Waals surface area contributed by atoms with Gasteiger partial charge in [0.15, 0.2) is 17.4 Å². The fraction of sp³-hybridized carbons (Fsp3) is 0.125. The van der Waals surface area contributed by atoms with Gasteiger partial charge in [0.1, 0.15) is 5.58 Å². The molecule has 0 unspecified atom stereocenters. The summed E-state index contributed by atoms with van der Waals surface area (Å²) in [6.45, 7) is 1.42. The summed E-state index contributed by atoms with van der Waals surface area (Å²) in [7, 11) is 0. The van der Waals surface area contributed by atoms with Crippen molar-refractivity contribution in [3.63, 3.8) is 0 Å². The molecule has 2 aromatic carbocycles. The topological polar surface area (TPSA) is 76.7 Å². The molecule has 0 bridgehead atoms. The van der Waals surface area contributed by atoms with Gasteiger partial charge >= 0.3 is 5.97 Å². The SMILES string of the molecule is C[C@H](Oc1cccc2c(=O)c3ccccc3oc12)C(=O)O. The van der Waals surface area contributed by atoms with Crippen LogP contribution in [0.1, 0.15) is 6.92 Å². The zero-order valence-electron chi connectivity index (χ0n) is 11.2. The molecule has 0 aliphatic heterocycles. The Hall–Kier alpha value is -2.82. The maximum absolute atomic E-state index is 12.4. The van der Waals surface area contributed by atoms with Crippen molar-refractivity contribution in [3.8, 4) is 5.75 Å². The van der Waals surface area contributed by atoms with E-state index in [4.69, 9.17) is 14.3 Å².